The molecule has 1 aromatic rings. The van der Waals surface area contributed by atoms with Gasteiger partial charge in [-0.15, -0.1) is 0 Å². The summed E-state index contributed by atoms with van der Waals surface area (Å²) in [4.78, 5) is 22.7. The van der Waals surface area contributed by atoms with E-state index in [-0.39, 0.29) is 12.3 Å². The van der Waals surface area contributed by atoms with E-state index in [1.807, 2.05) is 0 Å². The van der Waals surface area contributed by atoms with E-state index in [2.05, 4.69) is 5.32 Å². The Morgan fingerprint density at radius 2 is 2.00 bits per heavy atom. The molecule has 7 heteroatoms. The average Bonchev–Trinajstić information content (AvgIpc) is 2.39. The molecular weight excluding hydrogens is 329 g/mol. The average molecular weight is 348 g/mol. The zero-order chi connectivity index (χ0) is 16.9. The van der Waals surface area contributed by atoms with Crippen molar-refractivity contribution in [3.8, 4) is 5.75 Å². The maximum absolute atomic E-state index is 12.1. The van der Waals surface area contributed by atoms with Crippen LogP contribution in [-0.2, 0) is 9.59 Å². The third-order valence-electron chi connectivity index (χ3n) is 2.99. The van der Waals surface area contributed by atoms with Gasteiger partial charge in [-0.25, -0.2) is 0 Å². The number of amides is 1. The molecular formula is C15H19Cl2NO4. The van der Waals surface area contributed by atoms with Crippen molar-refractivity contribution in [2.75, 3.05) is 0 Å². The Morgan fingerprint density at radius 1 is 1.36 bits per heavy atom. The number of ether oxygens (including phenoxy) is 1. The molecule has 0 aliphatic rings. The van der Waals surface area contributed by atoms with Crippen molar-refractivity contribution in [3.05, 3.63) is 28.2 Å². The molecule has 0 spiro atoms. The van der Waals surface area contributed by atoms with Gasteiger partial charge in [0.25, 0.3) is 5.91 Å². The van der Waals surface area contributed by atoms with Crippen molar-refractivity contribution < 1.29 is 19.4 Å². The molecule has 0 heterocycles. The van der Waals surface area contributed by atoms with E-state index in [4.69, 9.17) is 33.0 Å². The van der Waals surface area contributed by atoms with Crippen molar-refractivity contribution in [1.29, 1.82) is 0 Å². The summed E-state index contributed by atoms with van der Waals surface area (Å²) in [6.45, 7) is 5.11. The van der Waals surface area contributed by atoms with Crippen LogP contribution in [0.1, 0.15) is 33.6 Å². The van der Waals surface area contributed by atoms with Crippen LogP contribution < -0.4 is 10.1 Å². The summed E-state index contributed by atoms with van der Waals surface area (Å²) in [7, 11) is 0. The number of carboxylic acids is 1. The van der Waals surface area contributed by atoms with Crippen molar-refractivity contribution in [3.63, 3.8) is 0 Å². The predicted octanol–water partition coefficient (Wildman–Crippen LogP) is 3.52. The number of carbonyl (C=O) groups excluding carboxylic acids is 1. The smallest absolute Gasteiger partial charge is 0.303 e. The molecule has 1 aromatic carbocycles. The number of benzene rings is 1. The van der Waals surface area contributed by atoms with E-state index in [9.17, 15) is 9.59 Å². The first-order valence-electron chi connectivity index (χ1n) is 6.76. The lowest BCUT2D eigenvalue weighted by atomic mass is 9.98. The molecule has 5 nitrogen and oxygen atoms in total. The summed E-state index contributed by atoms with van der Waals surface area (Å²) in [6.07, 6.45) is -0.476. The lowest BCUT2D eigenvalue weighted by Gasteiger charge is -2.27. The number of hydrogen-bond acceptors (Lipinski definition) is 3. The van der Waals surface area contributed by atoms with Crippen LogP contribution in [0.2, 0.25) is 10.0 Å². The van der Waals surface area contributed by atoms with Crippen molar-refractivity contribution in [2.24, 2.45) is 0 Å². The molecule has 0 saturated carbocycles. The third kappa shape index (κ3) is 6.12. The molecule has 0 aliphatic carbocycles. The number of rotatable bonds is 7. The van der Waals surface area contributed by atoms with Gasteiger partial charge in [0, 0.05) is 17.0 Å². The topological polar surface area (TPSA) is 75.6 Å². The zero-order valence-electron chi connectivity index (χ0n) is 12.7. The maximum atomic E-state index is 12.1. The van der Waals surface area contributed by atoms with Crippen LogP contribution in [0.15, 0.2) is 18.2 Å². The normalized spacial score (nSPS) is 12.6. The second-order valence-corrected chi connectivity index (χ2v) is 6.45. The second kappa shape index (κ2) is 7.70. The van der Waals surface area contributed by atoms with Crippen LogP contribution in [0, 0.1) is 0 Å². The van der Waals surface area contributed by atoms with E-state index < -0.39 is 17.6 Å². The second-order valence-electron chi connectivity index (χ2n) is 5.60. The Balaban J connectivity index is 2.63. The van der Waals surface area contributed by atoms with Gasteiger partial charge in [0.2, 0.25) is 0 Å². The monoisotopic (exact) mass is 347 g/mol. The highest BCUT2D eigenvalue weighted by Crippen LogP contribution is 2.28. The molecule has 1 unspecified atom stereocenters. The van der Waals surface area contributed by atoms with Gasteiger partial charge in [0.15, 0.2) is 6.10 Å². The molecule has 22 heavy (non-hydrogen) atoms. The fourth-order valence-corrected chi connectivity index (χ4v) is 2.18. The summed E-state index contributed by atoms with van der Waals surface area (Å²) in [6, 6.07) is 4.73. The summed E-state index contributed by atoms with van der Waals surface area (Å²) in [5.74, 6) is -0.891. The minimum atomic E-state index is -0.903. The van der Waals surface area contributed by atoms with Gasteiger partial charge in [0.05, 0.1) is 5.02 Å². The van der Waals surface area contributed by atoms with E-state index in [0.29, 0.717) is 22.2 Å². The molecule has 2 N–H and O–H groups in total. The predicted molar refractivity (Wildman–Crippen MR) is 85.6 cm³/mol. The van der Waals surface area contributed by atoms with Gasteiger partial charge in [-0.05, 0) is 45.4 Å². The number of aliphatic carboxylic acids is 1. The van der Waals surface area contributed by atoms with Crippen LogP contribution in [0.25, 0.3) is 0 Å². The fourth-order valence-electron chi connectivity index (χ4n) is 1.73. The quantitative estimate of drug-likeness (QED) is 0.791. The Kier molecular flexibility index (Phi) is 6.50. The lowest BCUT2D eigenvalue weighted by Crippen LogP contribution is -2.48. The zero-order valence-corrected chi connectivity index (χ0v) is 14.2. The summed E-state index contributed by atoms with van der Waals surface area (Å²) in [5.41, 5.74) is -0.642. The van der Waals surface area contributed by atoms with E-state index >= 15 is 0 Å². The Hall–Kier alpha value is -1.46. The highest BCUT2D eigenvalue weighted by molar-refractivity contribution is 6.35. The molecule has 122 valence electrons. The van der Waals surface area contributed by atoms with Crippen molar-refractivity contribution in [2.45, 2.75) is 45.3 Å². The van der Waals surface area contributed by atoms with Crippen LogP contribution >= 0.6 is 23.2 Å². The summed E-state index contributed by atoms with van der Waals surface area (Å²) < 4.78 is 5.51. The minimum absolute atomic E-state index is 0.0223. The highest BCUT2D eigenvalue weighted by atomic mass is 35.5. The first kappa shape index (κ1) is 18.6. The molecule has 0 radical (unpaired) electrons. The first-order valence-corrected chi connectivity index (χ1v) is 7.52. The number of carboxylic acid groups (broad SMARTS) is 1. The standard InChI is InChI=1S/C15H19Cl2NO4/c1-9(22-12-5-4-10(16)8-11(12)17)14(21)18-15(2,3)7-6-13(19)20/h4-5,8-9H,6-7H2,1-3H3,(H,18,21)(H,19,20). The lowest BCUT2D eigenvalue weighted by molar-refractivity contribution is -0.138. The molecule has 1 atom stereocenters. The SMILES string of the molecule is CC(Oc1ccc(Cl)cc1Cl)C(=O)NC(C)(C)CCC(=O)O. The van der Waals surface area contributed by atoms with Gasteiger partial charge in [-0.3, -0.25) is 9.59 Å². The van der Waals surface area contributed by atoms with E-state index in [1.165, 1.54) is 6.07 Å². The van der Waals surface area contributed by atoms with Gasteiger partial charge in [0.1, 0.15) is 5.75 Å². The third-order valence-corrected chi connectivity index (χ3v) is 3.52. The Labute approximate surface area is 139 Å². The first-order chi connectivity index (χ1) is 10.1. The Bertz CT molecular complexity index is 560. The Morgan fingerprint density at radius 3 is 2.55 bits per heavy atom. The minimum Gasteiger partial charge on any atom is -0.481 e. The highest BCUT2D eigenvalue weighted by Gasteiger charge is 2.25. The van der Waals surface area contributed by atoms with Crippen LogP contribution in [-0.4, -0.2) is 28.6 Å². The molecule has 0 bridgehead atoms. The van der Waals surface area contributed by atoms with E-state index in [0.717, 1.165) is 0 Å². The summed E-state index contributed by atoms with van der Waals surface area (Å²) >= 11 is 11.8. The van der Waals surface area contributed by atoms with E-state index in [1.54, 1.807) is 32.9 Å². The van der Waals surface area contributed by atoms with Gasteiger partial charge >= 0.3 is 5.97 Å². The maximum Gasteiger partial charge on any atom is 0.303 e. The largest absolute Gasteiger partial charge is 0.481 e. The molecule has 0 fully saturated rings. The molecule has 1 amide bonds. The van der Waals surface area contributed by atoms with Crippen molar-refractivity contribution >= 4 is 35.1 Å². The molecule has 0 aliphatic heterocycles. The number of nitrogens with one attached hydrogen (secondary N) is 1. The molecule has 1 rings (SSSR count). The fraction of sp³-hybridized carbons (Fsp3) is 0.467. The number of hydrogen-bond donors (Lipinski definition) is 2. The van der Waals surface area contributed by atoms with Crippen LogP contribution in [0.3, 0.4) is 0 Å². The van der Waals surface area contributed by atoms with Gasteiger partial charge in [-0.2, -0.15) is 0 Å². The number of halogens is 2. The van der Waals surface area contributed by atoms with Crippen molar-refractivity contribution in [1.82, 2.24) is 5.32 Å². The summed E-state index contributed by atoms with van der Waals surface area (Å²) in [5, 5.41) is 12.3. The van der Waals surface area contributed by atoms with Gasteiger partial charge < -0.3 is 15.2 Å². The van der Waals surface area contributed by atoms with Gasteiger partial charge in [-0.1, -0.05) is 23.2 Å². The number of carbonyl (C=O) groups is 2. The van der Waals surface area contributed by atoms with Crippen LogP contribution in [0.4, 0.5) is 0 Å². The molecule has 0 saturated heterocycles. The van der Waals surface area contributed by atoms with Crippen LogP contribution in [0.5, 0.6) is 5.75 Å². The molecule has 0 aromatic heterocycles.